The third-order valence-electron chi connectivity index (χ3n) is 8.11. The first-order chi connectivity index (χ1) is 21.0. The lowest BCUT2D eigenvalue weighted by molar-refractivity contribution is -0.167. The van der Waals surface area contributed by atoms with E-state index in [1.165, 1.54) is 96.3 Å². The van der Waals surface area contributed by atoms with Gasteiger partial charge in [0.2, 0.25) is 0 Å². The van der Waals surface area contributed by atoms with Gasteiger partial charge in [-0.25, -0.2) is 0 Å². The molecule has 0 aromatic heterocycles. The largest absolute Gasteiger partial charge is 0.462 e. The van der Waals surface area contributed by atoms with Gasteiger partial charge >= 0.3 is 17.9 Å². The Morgan fingerprint density at radius 1 is 0.372 bits per heavy atom. The zero-order chi connectivity index (χ0) is 31.6. The second-order valence-electron chi connectivity index (χ2n) is 12.5. The molecule has 0 saturated heterocycles. The van der Waals surface area contributed by atoms with E-state index in [-0.39, 0.29) is 31.1 Å². The van der Waals surface area contributed by atoms with Crippen molar-refractivity contribution >= 4 is 17.9 Å². The van der Waals surface area contributed by atoms with Crippen LogP contribution in [-0.2, 0) is 28.6 Å². The topological polar surface area (TPSA) is 78.9 Å². The first-order valence-corrected chi connectivity index (χ1v) is 18.5. The van der Waals surface area contributed by atoms with Crippen LogP contribution in [0.15, 0.2) is 0 Å². The van der Waals surface area contributed by atoms with E-state index in [0.29, 0.717) is 19.3 Å². The summed E-state index contributed by atoms with van der Waals surface area (Å²) in [6.07, 6.45) is 29.7. The minimum absolute atomic E-state index is 0.0657. The van der Waals surface area contributed by atoms with E-state index < -0.39 is 6.10 Å². The van der Waals surface area contributed by atoms with Gasteiger partial charge in [0, 0.05) is 19.3 Å². The Morgan fingerprint density at radius 3 is 0.930 bits per heavy atom. The summed E-state index contributed by atoms with van der Waals surface area (Å²) in [5, 5.41) is 0. The monoisotopic (exact) mass is 611 g/mol. The Labute approximate surface area is 266 Å². The second kappa shape index (κ2) is 33.3. The normalized spacial score (nSPS) is 11.8. The minimum Gasteiger partial charge on any atom is -0.462 e. The Morgan fingerprint density at radius 2 is 0.628 bits per heavy atom. The van der Waals surface area contributed by atoms with Gasteiger partial charge in [-0.15, -0.1) is 0 Å². The molecule has 0 spiro atoms. The molecular formula is C37H70O6. The van der Waals surface area contributed by atoms with Crippen LogP contribution in [0, 0.1) is 0 Å². The fourth-order valence-corrected chi connectivity index (χ4v) is 5.26. The fourth-order valence-electron chi connectivity index (χ4n) is 5.26. The Hall–Kier alpha value is -1.59. The lowest BCUT2D eigenvalue weighted by Gasteiger charge is -2.18. The molecule has 6 nitrogen and oxygen atoms in total. The molecule has 0 N–H and O–H groups in total. The van der Waals surface area contributed by atoms with Crippen molar-refractivity contribution in [3.8, 4) is 0 Å². The molecule has 6 heteroatoms. The molecule has 0 unspecified atom stereocenters. The van der Waals surface area contributed by atoms with Crippen molar-refractivity contribution in [3.63, 3.8) is 0 Å². The van der Waals surface area contributed by atoms with Crippen LogP contribution < -0.4 is 0 Å². The molecule has 1 atom stereocenters. The molecule has 0 aromatic rings. The van der Waals surface area contributed by atoms with Crippen molar-refractivity contribution in [1.82, 2.24) is 0 Å². The van der Waals surface area contributed by atoms with Crippen LogP contribution in [0.2, 0.25) is 0 Å². The number of ether oxygens (including phenoxy) is 3. The number of unbranched alkanes of at least 4 members (excludes halogenated alkanes) is 22. The Kier molecular flexibility index (Phi) is 32.1. The maximum Gasteiger partial charge on any atom is 0.306 e. The minimum atomic E-state index is -0.753. The fraction of sp³-hybridized carbons (Fsp3) is 0.919. The first kappa shape index (κ1) is 41.4. The quantitative estimate of drug-likeness (QED) is 0.0418. The molecule has 43 heavy (non-hydrogen) atoms. The van der Waals surface area contributed by atoms with Crippen LogP contribution in [0.25, 0.3) is 0 Å². The molecule has 0 rings (SSSR count). The van der Waals surface area contributed by atoms with Gasteiger partial charge in [0.15, 0.2) is 6.10 Å². The van der Waals surface area contributed by atoms with Crippen molar-refractivity contribution < 1.29 is 28.6 Å². The van der Waals surface area contributed by atoms with Gasteiger partial charge in [-0.2, -0.15) is 0 Å². The van der Waals surface area contributed by atoms with Gasteiger partial charge in [0.25, 0.3) is 0 Å². The third kappa shape index (κ3) is 31.6. The summed E-state index contributed by atoms with van der Waals surface area (Å²) < 4.78 is 16.4. The standard InChI is InChI=1S/C37H70O6/c1-4-7-10-13-15-17-18-20-22-25-27-30-36(39)42-33-34(43-37(40)31-28-23-12-9-6-3)32-41-35(38)29-26-24-21-19-16-14-11-8-5-2/h34H,4-33H2,1-3H3/t34-/m1/s1. The lowest BCUT2D eigenvalue weighted by atomic mass is 10.1. The molecule has 0 bridgehead atoms. The number of hydrogen-bond acceptors (Lipinski definition) is 6. The van der Waals surface area contributed by atoms with Crippen LogP contribution in [0.1, 0.15) is 201 Å². The summed E-state index contributed by atoms with van der Waals surface area (Å²) in [4.78, 5) is 37.1. The maximum atomic E-state index is 12.4. The summed E-state index contributed by atoms with van der Waals surface area (Å²) in [5.41, 5.74) is 0. The van der Waals surface area contributed by atoms with E-state index >= 15 is 0 Å². The van der Waals surface area contributed by atoms with Crippen molar-refractivity contribution in [1.29, 1.82) is 0 Å². The van der Waals surface area contributed by atoms with Crippen LogP contribution >= 0.6 is 0 Å². The van der Waals surface area contributed by atoms with Gasteiger partial charge in [0.05, 0.1) is 0 Å². The molecule has 0 aromatic carbocycles. The van der Waals surface area contributed by atoms with E-state index in [1.54, 1.807) is 0 Å². The smallest absolute Gasteiger partial charge is 0.306 e. The summed E-state index contributed by atoms with van der Waals surface area (Å²) in [6.45, 7) is 6.51. The van der Waals surface area contributed by atoms with Crippen molar-refractivity contribution in [2.45, 2.75) is 207 Å². The number of carbonyl (C=O) groups is 3. The lowest BCUT2D eigenvalue weighted by Crippen LogP contribution is -2.30. The second-order valence-corrected chi connectivity index (χ2v) is 12.5. The summed E-state index contributed by atoms with van der Waals surface area (Å²) in [6, 6.07) is 0. The predicted octanol–water partition coefficient (Wildman–Crippen LogP) is 11.0. The van der Waals surface area contributed by atoms with Crippen molar-refractivity contribution in [2.75, 3.05) is 13.2 Å². The van der Waals surface area contributed by atoms with Gasteiger partial charge < -0.3 is 14.2 Å². The van der Waals surface area contributed by atoms with Crippen LogP contribution in [0.5, 0.6) is 0 Å². The van der Waals surface area contributed by atoms with Crippen LogP contribution in [0.3, 0.4) is 0 Å². The molecule has 0 aliphatic rings. The van der Waals surface area contributed by atoms with Gasteiger partial charge in [-0.1, -0.05) is 162 Å². The average molecular weight is 611 g/mol. The van der Waals surface area contributed by atoms with Crippen molar-refractivity contribution in [2.24, 2.45) is 0 Å². The zero-order valence-corrected chi connectivity index (χ0v) is 28.7. The van der Waals surface area contributed by atoms with E-state index in [4.69, 9.17) is 14.2 Å². The van der Waals surface area contributed by atoms with E-state index in [1.807, 2.05) is 0 Å². The van der Waals surface area contributed by atoms with Crippen molar-refractivity contribution in [3.05, 3.63) is 0 Å². The van der Waals surface area contributed by atoms with Gasteiger partial charge in [0.1, 0.15) is 13.2 Å². The average Bonchev–Trinajstić information content (AvgIpc) is 3.00. The Bertz CT molecular complexity index is 635. The highest BCUT2D eigenvalue weighted by molar-refractivity contribution is 5.71. The van der Waals surface area contributed by atoms with Gasteiger partial charge in [-0.05, 0) is 19.3 Å². The molecule has 0 fully saturated rings. The molecule has 0 aliphatic carbocycles. The summed E-state index contributed by atoms with van der Waals surface area (Å²) in [7, 11) is 0. The number of carbonyl (C=O) groups excluding carboxylic acids is 3. The van der Waals surface area contributed by atoms with E-state index in [2.05, 4.69) is 20.8 Å². The highest BCUT2D eigenvalue weighted by Gasteiger charge is 2.19. The summed E-state index contributed by atoms with van der Waals surface area (Å²) >= 11 is 0. The predicted molar refractivity (Wildman–Crippen MR) is 178 cm³/mol. The van der Waals surface area contributed by atoms with Crippen LogP contribution in [0.4, 0.5) is 0 Å². The van der Waals surface area contributed by atoms with E-state index in [0.717, 1.165) is 64.2 Å². The molecule has 0 radical (unpaired) electrons. The third-order valence-corrected chi connectivity index (χ3v) is 8.11. The molecule has 0 amide bonds. The SMILES string of the molecule is CCCCCCCCCCCCCC(=O)OC[C@@H](COC(=O)CCCCCCCCCCC)OC(=O)CCCCCCC. The molecular weight excluding hydrogens is 540 g/mol. The maximum absolute atomic E-state index is 12.4. The Balaban J connectivity index is 4.24. The highest BCUT2D eigenvalue weighted by Crippen LogP contribution is 2.14. The number of rotatable bonds is 33. The molecule has 254 valence electrons. The van der Waals surface area contributed by atoms with Gasteiger partial charge in [-0.3, -0.25) is 14.4 Å². The molecule has 0 heterocycles. The molecule has 0 aliphatic heterocycles. The number of hydrogen-bond donors (Lipinski definition) is 0. The highest BCUT2D eigenvalue weighted by atomic mass is 16.6. The summed E-state index contributed by atoms with van der Waals surface area (Å²) in [5.74, 6) is -0.883. The number of esters is 3. The molecule has 0 saturated carbocycles. The van der Waals surface area contributed by atoms with E-state index in [9.17, 15) is 14.4 Å². The van der Waals surface area contributed by atoms with Crippen LogP contribution in [-0.4, -0.2) is 37.2 Å². The first-order valence-electron chi connectivity index (χ1n) is 18.5. The zero-order valence-electron chi connectivity index (χ0n) is 28.7.